The molecule has 0 aliphatic carbocycles. The van der Waals surface area contributed by atoms with Crippen molar-refractivity contribution in [3.63, 3.8) is 0 Å². The minimum atomic E-state index is -0.440. The van der Waals surface area contributed by atoms with E-state index in [4.69, 9.17) is 4.42 Å². The van der Waals surface area contributed by atoms with Crippen LogP contribution in [0.15, 0.2) is 76.9 Å². The zero-order valence-electron chi connectivity index (χ0n) is 15.9. The zero-order valence-corrected chi connectivity index (χ0v) is 15.9. The first-order chi connectivity index (χ1) is 14.2. The lowest BCUT2D eigenvalue weighted by Crippen LogP contribution is -2.23. The smallest absolute Gasteiger partial charge is 0.262 e. The second kappa shape index (κ2) is 7.91. The second-order valence-corrected chi connectivity index (χ2v) is 6.71. The Bertz CT molecular complexity index is 1230. The molecular formula is C24H19N3O2. The fourth-order valence-corrected chi connectivity index (χ4v) is 3.34. The number of aromatic nitrogens is 1. The third kappa shape index (κ3) is 3.69. The lowest BCUT2D eigenvalue weighted by Gasteiger charge is -2.04. The van der Waals surface area contributed by atoms with Gasteiger partial charge in [-0.3, -0.25) is 4.79 Å². The highest BCUT2D eigenvalue weighted by molar-refractivity contribution is 6.06. The van der Waals surface area contributed by atoms with Gasteiger partial charge in [-0.2, -0.15) is 5.26 Å². The maximum Gasteiger partial charge on any atom is 0.262 e. The fraction of sp³-hybridized carbons (Fsp3) is 0.0833. The van der Waals surface area contributed by atoms with E-state index >= 15 is 0 Å². The van der Waals surface area contributed by atoms with E-state index in [-0.39, 0.29) is 12.1 Å². The van der Waals surface area contributed by atoms with Crippen molar-refractivity contribution in [3.8, 4) is 17.3 Å². The molecule has 0 saturated carbocycles. The van der Waals surface area contributed by atoms with Gasteiger partial charge in [-0.05, 0) is 36.3 Å². The Kier molecular flexibility index (Phi) is 5.00. The Hall–Kier alpha value is -4.04. The van der Waals surface area contributed by atoms with Crippen molar-refractivity contribution >= 4 is 22.9 Å². The monoisotopic (exact) mass is 381 g/mol. The van der Waals surface area contributed by atoms with E-state index in [1.807, 2.05) is 61.5 Å². The van der Waals surface area contributed by atoms with Crippen LogP contribution in [0.4, 0.5) is 0 Å². The van der Waals surface area contributed by atoms with Gasteiger partial charge in [0.25, 0.3) is 5.91 Å². The number of hydrogen-bond acceptors (Lipinski definition) is 3. The SMILES string of the molecule is Cc1cccc2c(/C=C(/C#N)C(=O)NCc3ccco3)c(-c3ccccc3)[nH]c12. The van der Waals surface area contributed by atoms with E-state index in [0.717, 1.165) is 33.3 Å². The standard InChI is InChI=1S/C24H19N3O2/c1-16-7-5-11-20-21(23(27-22(16)20)17-8-3-2-4-9-17)13-18(14-25)24(28)26-15-19-10-6-12-29-19/h2-13,27H,15H2,1H3,(H,26,28)/b18-13-. The van der Waals surface area contributed by atoms with E-state index < -0.39 is 5.91 Å². The summed E-state index contributed by atoms with van der Waals surface area (Å²) in [6.45, 7) is 2.26. The molecule has 2 aromatic carbocycles. The molecule has 0 spiro atoms. The number of aromatic amines is 1. The third-order valence-corrected chi connectivity index (χ3v) is 4.80. The van der Waals surface area contributed by atoms with E-state index in [2.05, 4.69) is 10.3 Å². The summed E-state index contributed by atoms with van der Waals surface area (Å²) >= 11 is 0. The predicted octanol–water partition coefficient (Wildman–Crippen LogP) is 4.96. The molecule has 0 radical (unpaired) electrons. The highest BCUT2D eigenvalue weighted by Gasteiger charge is 2.16. The van der Waals surface area contributed by atoms with Crippen LogP contribution in [0.1, 0.15) is 16.9 Å². The first-order valence-electron chi connectivity index (χ1n) is 9.26. The van der Waals surface area contributed by atoms with Crippen molar-refractivity contribution < 1.29 is 9.21 Å². The normalized spacial score (nSPS) is 11.4. The first kappa shape index (κ1) is 18.3. The summed E-state index contributed by atoms with van der Waals surface area (Å²) in [6.07, 6.45) is 3.20. The molecule has 4 aromatic rings. The van der Waals surface area contributed by atoms with E-state index in [0.29, 0.717) is 5.76 Å². The summed E-state index contributed by atoms with van der Waals surface area (Å²) in [6, 6.07) is 21.4. The number of carbonyl (C=O) groups is 1. The summed E-state index contributed by atoms with van der Waals surface area (Å²) in [7, 11) is 0. The lowest BCUT2D eigenvalue weighted by molar-refractivity contribution is -0.117. The van der Waals surface area contributed by atoms with Crippen molar-refractivity contribution in [2.75, 3.05) is 0 Å². The van der Waals surface area contributed by atoms with Crippen LogP contribution in [-0.2, 0) is 11.3 Å². The first-order valence-corrected chi connectivity index (χ1v) is 9.26. The largest absolute Gasteiger partial charge is 0.467 e. The highest BCUT2D eigenvalue weighted by atomic mass is 16.3. The van der Waals surface area contributed by atoms with Gasteiger partial charge in [-0.1, -0.05) is 48.5 Å². The van der Waals surface area contributed by atoms with Gasteiger partial charge < -0.3 is 14.7 Å². The van der Waals surface area contributed by atoms with E-state index in [1.54, 1.807) is 24.5 Å². The van der Waals surface area contributed by atoms with E-state index in [1.165, 1.54) is 0 Å². The number of nitrogens with zero attached hydrogens (tertiary/aromatic N) is 1. The Morgan fingerprint density at radius 3 is 2.69 bits per heavy atom. The molecule has 0 fully saturated rings. The number of aryl methyl sites for hydroxylation is 1. The molecule has 2 aromatic heterocycles. The van der Waals surface area contributed by atoms with Crippen LogP contribution >= 0.6 is 0 Å². The van der Waals surface area contributed by atoms with Gasteiger partial charge in [0.2, 0.25) is 0 Å². The maximum absolute atomic E-state index is 12.6. The molecule has 0 aliphatic rings. The third-order valence-electron chi connectivity index (χ3n) is 4.80. The van der Waals surface area contributed by atoms with E-state index in [9.17, 15) is 10.1 Å². The molecule has 5 heteroatoms. The number of rotatable bonds is 5. The van der Waals surface area contributed by atoms with Crippen LogP contribution in [-0.4, -0.2) is 10.9 Å². The molecule has 0 unspecified atom stereocenters. The number of amides is 1. The molecule has 4 rings (SSSR count). The summed E-state index contributed by atoms with van der Waals surface area (Å²) < 4.78 is 5.23. The molecular weight excluding hydrogens is 362 g/mol. The molecule has 0 aliphatic heterocycles. The van der Waals surface area contributed by atoms with Crippen LogP contribution in [0.2, 0.25) is 0 Å². The van der Waals surface area contributed by atoms with Crippen molar-refractivity contribution in [1.82, 2.24) is 10.3 Å². The molecule has 0 saturated heterocycles. The quantitative estimate of drug-likeness (QED) is 0.379. The van der Waals surface area contributed by atoms with Crippen LogP contribution in [0.5, 0.6) is 0 Å². The fourth-order valence-electron chi connectivity index (χ4n) is 3.34. The Labute approximate surface area is 168 Å². The summed E-state index contributed by atoms with van der Waals surface area (Å²) in [5.74, 6) is 0.188. The summed E-state index contributed by atoms with van der Waals surface area (Å²) in [5, 5.41) is 13.3. The average Bonchev–Trinajstić information content (AvgIpc) is 3.39. The number of fused-ring (bicyclic) bond motifs is 1. The number of H-pyrrole nitrogens is 1. The zero-order chi connectivity index (χ0) is 20.2. The van der Waals surface area contributed by atoms with Gasteiger partial charge in [-0.15, -0.1) is 0 Å². The second-order valence-electron chi connectivity index (χ2n) is 6.71. The molecule has 29 heavy (non-hydrogen) atoms. The number of nitriles is 1. The van der Waals surface area contributed by atoms with Gasteiger partial charge in [0.1, 0.15) is 17.4 Å². The summed E-state index contributed by atoms with van der Waals surface area (Å²) in [4.78, 5) is 16.1. The lowest BCUT2D eigenvalue weighted by atomic mass is 10.0. The molecule has 5 nitrogen and oxygen atoms in total. The minimum absolute atomic E-state index is 0.0381. The molecule has 2 heterocycles. The number of furan rings is 1. The van der Waals surface area contributed by atoms with Crippen molar-refractivity contribution in [3.05, 3.63) is 89.4 Å². The topological polar surface area (TPSA) is 81.8 Å². The van der Waals surface area contributed by atoms with Gasteiger partial charge in [0.15, 0.2) is 0 Å². The molecule has 1 amide bonds. The summed E-state index contributed by atoms with van der Waals surface area (Å²) in [5.41, 5.74) is 4.81. The average molecular weight is 381 g/mol. The minimum Gasteiger partial charge on any atom is -0.467 e. The number of carbonyl (C=O) groups excluding carboxylic acids is 1. The Morgan fingerprint density at radius 2 is 1.97 bits per heavy atom. The van der Waals surface area contributed by atoms with Crippen LogP contribution in [0.3, 0.4) is 0 Å². The van der Waals surface area contributed by atoms with Gasteiger partial charge in [-0.25, -0.2) is 0 Å². The number of para-hydroxylation sites is 1. The molecule has 0 bridgehead atoms. The highest BCUT2D eigenvalue weighted by Crippen LogP contribution is 2.33. The number of benzene rings is 2. The molecule has 2 N–H and O–H groups in total. The van der Waals surface area contributed by atoms with Crippen LogP contribution < -0.4 is 5.32 Å². The number of hydrogen-bond donors (Lipinski definition) is 2. The van der Waals surface area contributed by atoms with Crippen molar-refractivity contribution in [2.24, 2.45) is 0 Å². The Balaban J connectivity index is 1.78. The van der Waals surface area contributed by atoms with Gasteiger partial charge >= 0.3 is 0 Å². The van der Waals surface area contributed by atoms with Gasteiger partial charge in [0, 0.05) is 16.5 Å². The number of nitrogens with one attached hydrogen (secondary N) is 2. The molecule has 142 valence electrons. The molecule has 0 atom stereocenters. The predicted molar refractivity (Wildman–Crippen MR) is 113 cm³/mol. The van der Waals surface area contributed by atoms with Crippen LogP contribution in [0.25, 0.3) is 28.2 Å². The maximum atomic E-state index is 12.6. The van der Waals surface area contributed by atoms with Gasteiger partial charge in [0.05, 0.1) is 18.5 Å². The Morgan fingerprint density at radius 1 is 1.14 bits per heavy atom. The van der Waals surface area contributed by atoms with Crippen molar-refractivity contribution in [2.45, 2.75) is 13.5 Å². The van der Waals surface area contributed by atoms with Crippen LogP contribution in [0, 0.1) is 18.3 Å². The van der Waals surface area contributed by atoms with Crippen molar-refractivity contribution in [1.29, 1.82) is 5.26 Å².